The summed E-state index contributed by atoms with van der Waals surface area (Å²) in [6.07, 6.45) is 1.38. The van der Waals surface area contributed by atoms with Crippen LogP contribution in [0.1, 0.15) is 19.3 Å². The number of nitrogens with one attached hydrogen (secondary N) is 3. The van der Waals surface area contributed by atoms with Gasteiger partial charge in [-0.05, 0) is 31.4 Å². The SMILES string of the molecule is O=C(NC[C@@H](O)COc1cccc(F)c1)N[C@@H]1CCCCNC1=O. The largest absolute Gasteiger partial charge is 0.491 e. The number of urea groups is 1. The van der Waals surface area contributed by atoms with Crippen LogP contribution in [0.3, 0.4) is 0 Å². The van der Waals surface area contributed by atoms with Gasteiger partial charge >= 0.3 is 6.03 Å². The summed E-state index contributed by atoms with van der Waals surface area (Å²) in [5.41, 5.74) is 0. The second-order valence-corrected chi connectivity index (χ2v) is 5.62. The summed E-state index contributed by atoms with van der Waals surface area (Å²) in [7, 11) is 0. The molecule has 0 aromatic heterocycles. The van der Waals surface area contributed by atoms with Gasteiger partial charge < -0.3 is 25.8 Å². The Morgan fingerprint density at radius 1 is 1.46 bits per heavy atom. The van der Waals surface area contributed by atoms with E-state index in [2.05, 4.69) is 16.0 Å². The molecule has 0 spiro atoms. The molecule has 4 N–H and O–H groups in total. The summed E-state index contributed by atoms with van der Waals surface area (Å²) in [4.78, 5) is 23.5. The molecule has 1 aliphatic rings. The zero-order valence-electron chi connectivity index (χ0n) is 13.3. The van der Waals surface area contributed by atoms with Crippen molar-refractivity contribution in [1.82, 2.24) is 16.0 Å². The number of ether oxygens (including phenoxy) is 1. The van der Waals surface area contributed by atoms with Crippen LogP contribution in [0, 0.1) is 5.82 Å². The highest BCUT2D eigenvalue weighted by atomic mass is 19.1. The molecule has 8 heteroatoms. The van der Waals surface area contributed by atoms with Crippen molar-refractivity contribution in [1.29, 1.82) is 0 Å². The highest BCUT2D eigenvalue weighted by Crippen LogP contribution is 2.12. The Balaban J connectivity index is 1.68. The van der Waals surface area contributed by atoms with Crippen molar-refractivity contribution >= 4 is 11.9 Å². The van der Waals surface area contributed by atoms with Gasteiger partial charge in [-0.3, -0.25) is 4.79 Å². The normalized spacial score (nSPS) is 18.9. The van der Waals surface area contributed by atoms with Gasteiger partial charge in [-0.2, -0.15) is 0 Å². The number of halogens is 1. The molecule has 1 aromatic rings. The van der Waals surface area contributed by atoms with Crippen LogP contribution in [0.2, 0.25) is 0 Å². The zero-order valence-corrected chi connectivity index (χ0v) is 13.3. The highest BCUT2D eigenvalue weighted by molar-refractivity contribution is 5.87. The van der Waals surface area contributed by atoms with E-state index in [4.69, 9.17) is 4.74 Å². The van der Waals surface area contributed by atoms with Crippen molar-refractivity contribution in [2.24, 2.45) is 0 Å². The van der Waals surface area contributed by atoms with Gasteiger partial charge in [0.15, 0.2) is 0 Å². The molecule has 0 bridgehead atoms. The molecule has 0 unspecified atom stereocenters. The first-order valence-electron chi connectivity index (χ1n) is 7.93. The molecule has 1 aromatic carbocycles. The molecule has 1 saturated heterocycles. The van der Waals surface area contributed by atoms with Crippen LogP contribution in [-0.4, -0.2) is 48.9 Å². The topological polar surface area (TPSA) is 99.7 Å². The smallest absolute Gasteiger partial charge is 0.315 e. The van der Waals surface area contributed by atoms with Crippen molar-refractivity contribution in [3.63, 3.8) is 0 Å². The fraction of sp³-hybridized carbons (Fsp3) is 0.500. The second-order valence-electron chi connectivity index (χ2n) is 5.62. The van der Waals surface area contributed by atoms with Gasteiger partial charge in [-0.1, -0.05) is 6.07 Å². The molecule has 0 aliphatic carbocycles. The number of benzene rings is 1. The lowest BCUT2D eigenvalue weighted by Crippen LogP contribution is -2.50. The third-order valence-corrected chi connectivity index (χ3v) is 3.58. The molecule has 7 nitrogen and oxygen atoms in total. The number of amides is 3. The van der Waals surface area contributed by atoms with Crippen LogP contribution >= 0.6 is 0 Å². The number of hydrogen-bond donors (Lipinski definition) is 4. The molecule has 2 rings (SSSR count). The third kappa shape index (κ3) is 6.04. The average Bonchev–Trinajstić information content (AvgIpc) is 2.76. The van der Waals surface area contributed by atoms with E-state index in [1.807, 2.05) is 0 Å². The van der Waals surface area contributed by atoms with Gasteiger partial charge in [-0.15, -0.1) is 0 Å². The molecule has 24 heavy (non-hydrogen) atoms. The predicted octanol–water partition coefficient (Wildman–Crippen LogP) is 0.533. The third-order valence-electron chi connectivity index (χ3n) is 3.58. The first kappa shape index (κ1) is 18.0. The van der Waals surface area contributed by atoms with Crippen molar-refractivity contribution in [3.05, 3.63) is 30.1 Å². The summed E-state index contributed by atoms with van der Waals surface area (Å²) in [6, 6.07) is 4.48. The molecule has 3 amide bonds. The Morgan fingerprint density at radius 2 is 2.29 bits per heavy atom. The van der Waals surface area contributed by atoms with Crippen LogP contribution in [-0.2, 0) is 4.79 Å². The Kier molecular flexibility index (Phi) is 6.80. The maximum absolute atomic E-state index is 13.0. The molecule has 2 atom stereocenters. The van der Waals surface area contributed by atoms with E-state index < -0.39 is 24.0 Å². The monoisotopic (exact) mass is 339 g/mol. The maximum atomic E-state index is 13.0. The van der Waals surface area contributed by atoms with Crippen LogP contribution in [0.25, 0.3) is 0 Å². The second kappa shape index (κ2) is 9.07. The molecule has 0 radical (unpaired) electrons. The average molecular weight is 339 g/mol. The number of hydrogen-bond acceptors (Lipinski definition) is 4. The van der Waals surface area contributed by atoms with E-state index in [-0.39, 0.29) is 19.1 Å². The maximum Gasteiger partial charge on any atom is 0.315 e. The molecular weight excluding hydrogens is 317 g/mol. The zero-order chi connectivity index (χ0) is 17.4. The van der Waals surface area contributed by atoms with Crippen molar-refractivity contribution in [2.45, 2.75) is 31.4 Å². The summed E-state index contributed by atoms with van der Waals surface area (Å²) < 4.78 is 18.2. The fourth-order valence-corrected chi connectivity index (χ4v) is 2.30. The lowest BCUT2D eigenvalue weighted by Gasteiger charge is -2.17. The van der Waals surface area contributed by atoms with Crippen LogP contribution in [0.4, 0.5) is 9.18 Å². The Labute approximate surface area is 139 Å². The lowest BCUT2D eigenvalue weighted by atomic mass is 10.1. The molecule has 1 heterocycles. The van der Waals surface area contributed by atoms with Gasteiger partial charge in [0.1, 0.15) is 30.3 Å². The summed E-state index contributed by atoms with van der Waals surface area (Å²) >= 11 is 0. The Morgan fingerprint density at radius 3 is 3.08 bits per heavy atom. The summed E-state index contributed by atoms with van der Waals surface area (Å²) in [6.45, 7) is 0.484. The number of carbonyl (C=O) groups is 2. The molecule has 0 saturated carbocycles. The van der Waals surface area contributed by atoms with E-state index >= 15 is 0 Å². The van der Waals surface area contributed by atoms with E-state index in [9.17, 15) is 19.1 Å². The molecule has 132 valence electrons. The number of carbonyl (C=O) groups excluding carboxylic acids is 2. The standard InChI is InChI=1S/C16H22FN3O4/c17-11-4-3-5-13(8-11)24-10-12(21)9-19-16(23)20-14-6-1-2-7-18-15(14)22/h3-5,8,12,14,21H,1-2,6-7,9-10H2,(H,18,22)(H2,19,20,23)/t12-,14-/m1/s1. The first-order chi connectivity index (χ1) is 11.5. The van der Waals surface area contributed by atoms with Crippen LogP contribution < -0.4 is 20.7 Å². The predicted molar refractivity (Wildman–Crippen MR) is 85.1 cm³/mol. The Bertz CT molecular complexity index is 570. The van der Waals surface area contributed by atoms with E-state index in [1.54, 1.807) is 6.07 Å². The van der Waals surface area contributed by atoms with Crippen molar-refractivity contribution in [2.75, 3.05) is 19.7 Å². The molecular formula is C16H22FN3O4. The summed E-state index contributed by atoms with van der Waals surface area (Å²) in [5.74, 6) is -0.326. The quantitative estimate of drug-likeness (QED) is 0.608. The minimum Gasteiger partial charge on any atom is -0.491 e. The first-order valence-corrected chi connectivity index (χ1v) is 7.93. The van der Waals surface area contributed by atoms with Gasteiger partial charge in [-0.25, -0.2) is 9.18 Å². The van der Waals surface area contributed by atoms with Crippen molar-refractivity contribution < 1.29 is 23.8 Å². The van der Waals surface area contributed by atoms with Gasteiger partial charge in [0.25, 0.3) is 0 Å². The highest BCUT2D eigenvalue weighted by Gasteiger charge is 2.22. The molecule has 1 fully saturated rings. The van der Waals surface area contributed by atoms with E-state index in [0.29, 0.717) is 18.7 Å². The fourth-order valence-electron chi connectivity index (χ4n) is 2.30. The minimum atomic E-state index is -0.957. The van der Waals surface area contributed by atoms with Gasteiger partial charge in [0.05, 0.1) is 0 Å². The summed E-state index contributed by atoms with van der Waals surface area (Å²) in [5, 5.41) is 17.6. The van der Waals surface area contributed by atoms with E-state index in [1.165, 1.54) is 18.2 Å². The number of aliphatic hydroxyl groups excluding tert-OH is 1. The Hall–Kier alpha value is -2.35. The van der Waals surface area contributed by atoms with E-state index in [0.717, 1.165) is 12.8 Å². The van der Waals surface area contributed by atoms with Gasteiger partial charge in [0.2, 0.25) is 5.91 Å². The van der Waals surface area contributed by atoms with Crippen molar-refractivity contribution in [3.8, 4) is 5.75 Å². The van der Waals surface area contributed by atoms with Crippen LogP contribution in [0.5, 0.6) is 5.75 Å². The molecule has 1 aliphatic heterocycles. The van der Waals surface area contributed by atoms with Crippen LogP contribution in [0.15, 0.2) is 24.3 Å². The lowest BCUT2D eigenvalue weighted by molar-refractivity contribution is -0.122. The van der Waals surface area contributed by atoms with Gasteiger partial charge in [0, 0.05) is 19.2 Å². The number of aliphatic hydroxyl groups is 1. The number of rotatable bonds is 6. The minimum absolute atomic E-state index is 0.0461.